The van der Waals surface area contributed by atoms with Crippen molar-refractivity contribution in [2.75, 3.05) is 20.0 Å². The minimum Gasteiger partial charge on any atom is -0.398 e. The highest BCUT2D eigenvalue weighted by atomic mass is 32.1. The van der Waals surface area contributed by atoms with Crippen molar-refractivity contribution >= 4 is 21.2 Å². The molecule has 0 aromatic carbocycles. The highest BCUT2D eigenvalue weighted by Crippen LogP contribution is 2.17. The van der Waals surface area contributed by atoms with Gasteiger partial charge in [0, 0.05) is 14.2 Å². The normalized spacial score (nSPS) is 12.0. The molecule has 0 aromatic heterocycles. The second kappa shape index (κ2) is 9.69. The molecule has 0 aliphatic heterocycles. The molecule has 0 heterocycles. The van der Waals surface area contributed by atoms with Crippen LogP contribution in [0.1, 0.15) is 38.5 Å². The van der Waals surface area contributed by atoms with E-state index in [9.17, 15) is 0 Å². The van der Waals surface area contributed by atoms with E-state index >= 15 is 0 Å². The molecule has 2 nitrogen and oxygen atoms in total. The van der Waals surface area contributed by atoms with Crippen LogP contribution in [0.5, 0.6) is 0 Å². The predicted molar refractivity (Wildman–Crippen MR) is 72.0 cm³/mol. The largest absolute Gasteiger partial charge is 0.398 e. The highest BCUT2D eigenvalue weighted by Gasteiger charge is 2.27. The summed E-state index contributed by atoms with van der Waals surface area (Å²) in [6, 6.07) is 1.12. The van der Waals surface area contributed by atoms with Gasteiger partial charge >= 0.3 is 8.56 Å². The molecule has 15 heavy (non-hydrogen) atoms. The van der Waals surface area contributed by atoms with Crippen molar-refractivity contribution in [3.63, 3.8) is 0 Å². The van der Waals surface area contributed by atoms with E-state index in [0.717, 1.165) is 11.8 Å². The number of hydrogen-bond donors (Lipinski definition) is 1. The summed E-state index contributed by atoms with van der Waals surface area (Å²) >= 11 is 4.20. The van der Waals surface area contributed by atoms with E-state index in [4.69, 9.17) is 8.85 Å². The van der Waals surface area contributed by atoms with Crippen LogP contribution in [0.4, 0.5) is 0 Å². The SMILES string of the molecule is CO[Si](C)(CCCCCCCCS)OC. The zero-order valence-corrected chi connectivity index (χ0v) is 12.3. The van der Waals surface area contributed by atoms with Crippen LogP contribution in [0.3, 0.4) is 0 Å². The Kier molecular flexibility index (Phi) is 10.0. The molecule has 0 aliphatic rings. The van der Waals surface area contributed by atoms with Crippen molar-refractivity contribution in [2.45, 2.75) is 51.1 Å². The van der Waals surface area contributed by atoms with Crippen LogP contribution in [0.2, 0.25) is 12.6 Å². The maximum Gasteiger partial charge on any atom is 0.334 e. The van der Waals surface area contributed by atoms with Crippen molar-refractivity contribution in [2.24, 2.45) is 0 Å². The molecule has 0 aliphatic carbocycles. The van der Waals surface area contributed by atoms with Crippen molar-refractivity contribution in [1.29, 1.82) is 0 Å². The molecular formula is C11H26O2SSi. The Labute approximate surface area is 101 Å². The lowest BCUT2D eigenvalue weighted by molar-refractivity contribution is 0.248. The number of hydrogen-bond acceptors (Lipinski definition) is 3. The lowest BCUT2D eigenvalue weighted by atomic mass is 10.1. The van der Waals surface area contributed by atoms with Crippen LogP contribution in [-0.4, -0.2) is 28.5 Å². The fourth-order valence-electron chi connectivity index (χ4n) is 1.55. The van der Waals surface area contributed by atoms with Gasteiger partial charge in [-0.25, -0.2) is 0 Å². The molecule has 0 amide bonds. The van der Waals surface area contributed by atoms with Gasteiger partial charge < -0.3 is 8.85 Å². The topological polar surface area (TPSA) is 18.5 Å². The summed E-state index contributed by atoms with van der Waals surface area (Å²) in [5, 5.41) is 0. The van der Waals surface area contributed by atoms with Crippen molar-refractivity contribution in [3.8, 4) is 0 Å². The van der Waals surface area contributed by atoms with Crippen LogP contribution >= 0.6 is 12.6 Å². The first-order valence-electron chi connectivity index (χ1n) is 5.89. The summed E-state index contributed by atoms with van der Waals surface area (Å²) in [4.78, 5) is 0. The number of rotatable bonds is 10. The third kappa shape index (κ3) is 8.31. The lowest BCUT2D eigenvalue weighted by Gasteiger charge is -2.22. The smallest absolute Gasteiger partial charge is 0.334 e. The first kappa shape index (κ1) is 15.5. The van der Waals surface area contributed by atoms with E-state index in [1.807, 2.05) is 0 Å². The van der Waals surface area contributed by atoms with Gasteiger partial charge in [-0.05, 0) is 24.8 Å². The molecule has 0 N–H and O–H groups in total. The van der Waals surface area contributed by atoms with E-state index in [-0.39, 0.29) is 0 Å². The van der Waals surface area contributed by atoms with Gasteiger partial charge in [-0.2, -0.15) is 12.6 Å². The average Bonchev–Trinajstić information content (AvgIpc) is 2.27. The third-order valence-electron chi connectivity index (χ3n) is 2.90. The van der Waals surface area contributed by atoms with Gasteiger partial charge in [0.1, 0.15) is 0 Å². The Balaban J connectivity index is 3.29. The van der Waals surface area contributed by atoms with Crippen molar-refractivity contribution in [3.05, 3.63) is 0 Å². The zero-order valence-electron chi connectivity index (χ0n) is 10.4. The molecule has 0 spiro atoms. The van der Waals surface area contributed by atoms with Crippen molar-refractivity contribution < 1.29 is 8.85 Å². The minimum atomic E-state index is -1.78. The number of thiol groups is 1. The molecular weight excluding hydrogens is 224 g/mol. The second-order valence-electron chi connectivity index (χ2n) is 4.14. The number of unbranched alkanes of at least 4 members (excludes halogenated alkanes) is 5. The van der Waals surface area contributed by atoms with Gasteiger partial charge in [0.25, 0.3) is 0 Å². The summed E-state index contributed by atoms with van der Waals surface area (Å²) in [5.41, 5.74) is 0. The van der Waals surface area contributed by atoms with Crippen molar-refractivity contribution in [1.82, 2.24) is 0 Å². The summed E-state index contributed by atoms with van der Waals surface area (Å²) in [5.74, 6) is 1.03. The van der Waals surface area contributed by atoms with Gasteiger partial charge in [-0.1, -0.05) is 32.1 Å². The molecule has 0 fully saturated rings. The van der Waals surface area contributed by atoms with Crippen LogP contribution in [0.25, 0.3) is 0 Å². The van der Waals surface area contributed by atoms with Crippen LogP contribution in [0, 0.1) is 0 Å². The van der Waals surface area contributed by atoms with E-state index in [1.165, 1.54) is 38.5 Å². The monoisotopic (exact) mass is 250 g/mol. The molecule has 0 radical (unpaired) electrons. The van der Waals surface area contributed by atoms with Crippen LogP contribution in [0.15, 0.2) is 0 Å². The highest BCUT2D eigenvalue weighted by molar-refractivity contribution is 7.80. The fraction of sp³-hybridized carbons (Fsp3) is 1.00. The summed E-state index contributed by atoms with van der Waals surface area (Å²) < 4.78 is 10.9. The maximum atomic E-state index is 5.44. The Morgan fingerprint density at radius 2 is 1.33 bits per heavy atom. The Morgan fingerprint density at radius 1 is 0.867 bits per heavy atom. The molecule has 0 bridgehead atoms. The molecule has 0 saturated carbocycles. The van der Waals surface area contributed by atoms with Gasteiger partial charge in [0.15, 0.2) is 0 Å². The minimum absolute atomic E-state index is 1.03. The first-order valence-corrected chi connectivity index (χ1v) is 9.05. The third-order valence-corrected chi connectivity index (χ3v) is 6.21. The molecule has 0 rings (SSSR count). The van der Waals surface area contributed by atoms with Crippen LogP contribution in [-0.2, 0) is 8.85 Å². The van der Waals surface area contributed by atoms with Gasteiger partial charge in [-0.15, -0.1) is 0 Å². The van der Waals surface area contributed by atoms with E-state index < -0.39 is 8.56 Å². The second-order valence-corrected chi connectivity index (χ2v) is 8.17. The van der Waals surface area contributed by atoms with Gasteiger partial charge in [0.05, 0.1) is 0 Å². The van der Waals surface area contributed by atoms with Crippen LogP contribution < -0.4 is 0 Å². The van der Waals surface area contributed by atoms with E-state index in [0.29, 0.717) is 0 Å². The molecule has 0 aromatic rings. The Hall–Kier alpha value is 0.487. The Bertz CT molecular complexity index is 141. The van der Waals surface area contributed by atoms with E-state index in [2.05, 4.69) is 19.2 Å². The molecule has 0 atom stereocenters. The quantitative estimate of drug-likeness (QED) is 0.363. The van der Waals surface area contributed by atoms with E-state index in [1.54, 1.807) is 14.2 Å². The summed E-state index contributed by atoms with van der Waals surface area (Å²) in [6.45, 7) is 2.13. The summed E-state index contributed by atoms with van der Waals surface area (Å²) in [6.07, 6.45) is 7.82. The summed E-state index contributed by atoms with van der Waals surface area (Å²) in [7, 11) is 1.75. The average molecular weight is 250 g/mol. The molecule has 0 unspecified atom stereocenters. The first-order chi connectivity index (χ1) is 7.18. The standard InChI is InChI=1S/C11H26O2SSi/c1-12-15(3,13-2)11-9-7-5-4-6-8-10-14/h14H,4-11H2,1-3H3. The zero-order chi connectivity index (χ0) is 11.6. The van der Waals surface area contributed by atoms with Gasteiger partial charge in [-0.3, -0.25) is 0 Å². The molecule has 0 saturated heterocycles. The lowest BCUT2D eigenvalue weighted by Crippen LogP contribution is -2.35. The molecule has 92 valence electrons. The fourth-order valence-corrected chi connectivity index (χ4v) is 3.24. The Morgan fingerprint density at radius 3 is 1.80 bits per heavy atom. The predicted octanol–water partition coefficient (Wildman–Crippen LogP) is 3.62. The molecule has 4 heteroatoms. The maximum absolute atomic E-state index is 5.44. The van der Waals surface area contributed by atoms with Gasteiger partial charge in [0.2, 0.25) is 0 Å².